The van der Waals surface area contributed by atoms with Gasteiger partial charge in [-0.25, -0.2) is 5.43 Å². The molecule has 7 nitrogen and oxygen atoms in total. The van der Waals surface area contributed by atoms with Crippen LogP contribution in [0.4, 0.5) is 0 Å². The number of aromatic nitrogens is 1. The lowest BCUT2D eigenvalue weighted by atomic mass is 9.93. The normalized spacial score (nSPS) is 23.7. The van der Waals surface area contributed by atoms with Crippen LogP contribution in [-0.2, 0) is 4.79 Å². The third-order valence-corrected chi connectivity index (χ3v) is 5.26. The number of pyridine rings is 1. The molecule has 2 saturated heterocycles. The van der Waals surface area contributed by atoms with Gasteiger partial charge in [0.1, 0.15) is 5.69 Å². The van der Waals surface area contributed by atoms with E-state index < -0.39 is 0 Å². The maximum Gasteiger partial charge on any atom is 0.272 e. The molecule has 0 saturated carbocycles. The summed E-state index contributed by atoms with van der Waals surface area (Å²) in [6.45, 7) is 2.74. The van der Waals surface area contributed by atoms with Crippen LogP contribution in [0.1, 0.15) is 28.5 Å². The van der Waals surface area contributed by atoms with Gasteiger partial charge >= 0.3 is 0 Å². The van der Waals surface area contributed by atoms with Crippen LogP contribution >= 0.6 is 0 Å². The number of hydrogen-bond acceptors (Lipinski definition) is 5. The molecule has 0 radical (unpaired) electrons. The van der Waals surface area contributed by atoms with Gasteiger partial charge in [0.2, 0.25) is 5.91 Å². The number of hydrogen-bond donors (Lipinski definition) is 2. The highest BCUT2D eigenvalue weighted by molar-refractivity contribution is 5.92. The van der Waals surface area contributed by atoms with Crippen LogP contribution in [0.15, 0.2) is 54.7 Å². The zero-order chi connectivity index (χ0) is 18.6. The molecule has 4 rings (SSSR count). The second-order valence-electron chi connectivity index (χ2n) is 6.90. The van der Waals surface area contributed by atoms with Gasteiger partial charge in [-0.1, -0.05) is 36.4 Å². The topological polar surface area (TPSA) is 77.6 Å². The number of piperazine rings is 1. The molecule has 0 spiro atoms. The summed E-state index contributed by atoms with van der Waals surface area (Å²) in [6, 6.07) is 15.6. The number of carbonyl (C=O) groups excluding carboxylic acids is 2. The third-order valence-electron chi connectivity index (χ3n) is 5.26. The number of amides is 2. The van der Waals surface area contributed by atoms with Crippen LogP contribution in [0.5, 0.6) is 0 Å². The molecule has 0 bridgehead atoms. The Balaban J connectivity index is 1.44. The molecular formula is C20H23N5O2. The van der Waals surface area contributed by atoms with Crippen LogP contribution in [0, 0.1) is 0 Å². The fraction of sp³-hybridized carbons (Fsp3) is 0.350. The zero-order valence-corrected chi connectivity index (χ0v) is 15.0. The Labute approximate surface area is 158 Å². The van der Waals surface area contributed by atoms with E-state index in [2.05, 4.69) is 32.9 Å². The van der Waals surface area contributed by atoms with E-state index in [1.807, 2.05) is 29.2 Å². The molecule has 0 aliphatic carbocycles. The van der Waals surface area contributed by atoms with Crippen LogP contribution in [0.2, 0.25) is 0 Å². The van der Waals surface area contributed by atoms with Crippen molar-refractivity contribution in [2.75, 3.05) is 26.2 Å². The predicted octanol–water partition coefficient (Wildman–Crippen LogP) is 0.974. The average molecular weight is 365 g/mol. The van der Waals surface area contributed by atoms with E-state index in [-0.39, 0.29) is 23.9 Å². The van der Waals surface area contributed by atoms with Crippen LogP contribution in [0.3, 0.4) is 0 Å². The van der Waals surface area contributed by atoms with Gasteiger partial charge in [0.15, 0.2) is 0 Å². The van der Waals surface area contributed by atoms with Crippen molar-refractivity contribution >= 4 is 11.8 Å². The SMILES string of the molecule is O=C1CC(N2CCN(C(=O)c3ccccn3)CC2)C(c2ccccc2)NN1. The van der Waals surface area contributed by atoms with Crippen molar-refractivity contribution < 1.29 is 9.59 Å². The Morgan fingerprint density at radius 1 is 1.00 bits per heavy atom. The number of rotatable bonds is 3. The van der Waals surface area contributed by atoms with E-state index in [0.717, 1.165) is 18.7 Å². The first-order valence-corrected chi connectivity index (χ1v) is 9.26. The molecule has 3 heterocycles. The summed E-state index contributed by atoms with van der Waals surface area (Å²) in [7, 11) is 0. The smallest absolute Gasteiger partial charge is 0.272 e. The molecule has 140 valence electrons. The highest BCUT2D eigenvalue weighted by Gasteiger charge is 2.36. The van der Waals surface area contributed by atoms with Gasteiger partial charge in [0, 0.05) is 44.8 Å². The molecule has 2 fully saturated rings. The van der Waals surface area contributed by atoms with E-state index in [0.29, 0.717) is 25.2 Å². The summed E-state index contributed by atoms with van der Waals surface area (Å²) in [6.07, 6.45) is 2.08. The third kappa shape index (κ3) is 3.84. The molecule has 2 aromatic rings. The number of carbonyl (C=O) groups is 2. The lowest BCUT2D eigenvalue weighted by Gasteiger charge is -2.44. The molecule has 2 N–H and O–H groups in total. The van der Waals surface area contributed by atoms with Gasteiger partial charge in [0.05, 0.1) is 6.04 Å². The Morgan fingerprint density at radius 3 is 2.44 bits per heavy atom. The summed E-state index contributed by atoms with van der Waals surface area (Å²) < 4.78 is 0. The maximum atomic E-state index is 12.6. The van der Waals surface area contributed by atoms with Gasteiger partial charge in [-0.05, 0) is 17.7 Å². The van der Waals surface area contributed by atoms with Crippen molar-refractivity contribution in [3.05, 3.63) is 66.0 Å². The summed E-state index contributed by atoms with van der Waals surface area (Å²) >= 11 is 0. The standard InChI is InChI=1S/C20H23N5O2/c26-18-14-17(19(23-22-18)15-6-2-1-3-7-15)24-10-12-25(13-11-24)20(27)16-8-4-5-9-21-16/h1-9,17,19,23H,10-14H2,(H,22,26). The fourth-order valence-electron chi connectivity index (χ4n) is 3.83. The molecule has 2 aliphatic rings. The quantitative estimate of drug-likeness (QED) is 0.848. The fourth-order valence-corrected chi connectivity index (χ4v) is 3.83. The van der Waals surface area contributed by atoms with Crippen molar-refractivity contribution in [2.45, 2.75) is 18.5 Å². The highest BCUT2D eigenvalue weighted by atomic mass is 16.2. The Bertz CT molecular complexity index is 791. The molecule has 2 aliphatic heterocycles. The van der Waals surface area contributed by atoms with E-state index >= 15 is 0 Å². The van der Waals surface area contributed by atoms with Crippen molar-refractivity contribution in [3.8, 4) is 0 Å². The minimum Gasteiger partial charge on any atom is -0.335 e. The Kier molecular flexibility index (Phi) is 5.13. The second kappa shape index (κ2) is 7.85. The number of hydrazine groups is 1. The van der Waals surface area contributed by atoms with E-state index in [1.54, 1.807) is 18.3 Å². The molecular weight excluding hydrogens is 342 g/mol. The second-order valence-corrected chi connectivity index (χ2v) is 6.90. The summed E-state index contributed by atoms with van der Waals surface area (Å²) in [5, 5.41) is 0. The van der Waals surface area contributed by atoms with Gasteiger partial charge in [0.25, 0.3) is 5.91 Å². The lowest BCUT2D eigenvalue weighted by molar-refractivity contribution is -0.127. The molecule has 2 amide bonds. The van der Waals surface area contributed by atoms with Crippen molar-refractivity contribution in [1.82, 2.24) is 25.6 Å². The maximum absolute atomic E-state index is 12.6. The summed E-state index contributed by atoms with van der Waals surface area (Å²) in [4.78, 5) is 32.9. The van der Waals surface area contributed by atoms with Gasteiger partial charge in [-0.15, -0.1) is 0 Å². The van der Waals surface area contributed by atoms with E-state index in [4.69, 9.17) is 0 Å². The monoisotopic (exact) mass is 365 g/mol. The Hall–Kier alpha value is -2.77. The molecule has 1 aromatic carbocycles. The number of nitrogens with zero attached hydrogens (tertiary/aromatic N) is 3. The van der Waals surface area contributed by atoms with E-state index in [9.17, 15) is 9.59 Å². The average Bonchev–Trinajstić information content (AvgIpc) is 2.74. The molecule has 2 unspecified atom stereocenters. The van der Waals surface area contributed by atoms with Gasteiger partial charge in [-0.3, -0.25) is 24.9 Å². The molecule has 7 heteroatoms. The Morgan fingerprint density at radius 2 is 1.74 bits per heavy atom. The molecule has 2 atom stereocenters. The van der Waals surface area contributed by atoms with Crippen molar-refractivity contribution in [3.63, 3.8) is 0 Å². The van der Waals surface area contributed by atoms with Crippen LogP contribution in [-0.4, -0.2) is 58.8 Å². The van der Waals surface area contributed by atoms with Crippen LogP contribution in [0.25, 0.3) is 0 Å². The number of nitrogens with one attached hydrogen (secondary N) is 2. The summed E-state index contributed by atoms with van der Waals surface area (Å²) in [5.74, 6) is -0.0338. The largest absolute Gasteiger partial charge is 0.335 e. The zero-order valence-electron chi connectivity index (χ0n) is 15.0. The van der Waals surface area contributed by atoms with Crippen molar-refractivity contribution in [2.24, 2.45) is 0 Å². The van der Waals surface area contributed by atoms with Gasteiger partial charge < -0.3 is 4.90 Å². The minimum absolute atomic E-state index is 0.000766. The van der Waals surface area contributed by atoms with Gasteiger partial charge in [-0.2, -0.15) is 0 Å². The predicted molar refractivity (Wildman–Crippen MR) is 101 cm³/mol. The first-order chi connectivity index (χ1) is 13.2. The first kappa shape index (κ1) is 17.6. The minimum atomic E-state index is -0.0330. The lowest BCUT2D eigenvalue weighted by Crippen LogP contribution is -2.60. The number of benzene rings is 1. The first-order valence-electron chi connectivity index (χ1n) is 9.26. The summed E-state index contributed by atoms with van der Waals surface area (Å²) in [5.41, 5.74) is 7.55. The van der Waals surface area contributed by atoms with E-state index in [1.165, 1.54) is 0 Å². The van der Waals surface area contributed by atoms with Crippen LogP contribution < -0.4 is 10.9 Å². The van der Waals surface area contributed by atoms with Crippen molar-refractivity contribution in [1.29, 1.82) is 0 Å². The highest BCUT2D eigenvalue weighted by Crippen LogP contribution is 2.26. The molecule has 27 heavy (non-hydrogen) atoms. The molecule has 1 aromatic heterocycles.